The van der Waals surface area contributed by atoms with Crippen LogP contribution in [0.5, 0.6) is 0 Å². The van der Waals surface area contributed by atoms with Crippen LogP contribution in [0.25, 0.3) is 0 Å². The maximum atomic E-state index is 10.3. The Hall–Kier alpha value is -0.520. The quantitative estimate of drug-likeness (QED) is 0.508. The predicted octanol–water partition coefficient (Wildman–Crippen LogP) is 2.27. The Balaban J connectivity index is 2.84. The summed E-state index contributed by atoms with van der Waals surface area (Å²) < 4.78 is 0. The van der Waals surface area contributed by atoms with Gasteiger partial charge < -0.3 is 5.11 Å². The molecule has 1 rings (SSSR count). The van der Waals surface area contributed by atoms with E-state index in [9.17, 15) is 4.79 Å². The summed E-state index contributed by atoms with van der Waals surface area (Å²) in [5, 5.41) is 9.19. The zero-order valence-electron chi connectivity index (χ0n) is 7.12. The molecule has 0 amide bonds. The molecular weight excluding hydrogens is 247 g/mol. The lowest BCUT2D eigenvalue weighted by molar-refractivity contribution is -0.133. The smallest absolute Gasteiger partial charge is 0.313 e. The number of thioether (sulfide) groups is 1. The van der Waals surface area contributed by atoms with E-state index >= 15 is 0 Å². The minimum atomic E-state index is -0.939. The molecule has 7 heteroatoms. The van der Waals surface area contributed by atoms with Crippen molar-refractivity contribution in [3.63, 3.8) is 0 Å². The van der Waals surface area contributed by atoms with Crippen LogP contribution in [0.1, 0.15) is 5.56 Å². The highest BCUT2D eigenvalue weighted by molar-refractivity contribution is 7.99. The van der Waals surface area contributed by atoms with Gasteiger partial charge in [-0.25, -0.2) is 9.97 Å². The Morgan fingerprint density at radius 3 is 2.36 bits per heavy atom. The summed E-state index contributed by atoms with van der Waals surface area (Å²) in [5.41, 5.74) is 0.591. The van der Waals surface area contributed by atoms with Crippen molar-refractivity contribution in [1.82, 2.24) is 9.97 Å². The van der Waals surface area contributed by atoms with Gasteiger partial charge in [-0.2, -0.15) is 0 Å². The molecule has 0 atom stereocenters. The molecule has 0 aliphatic rings. The standard InChI is InChI=1S/C7H6Cl2N2O2S/c1-3-5(8)10-7(11-6(3)9)14-2-4(12)13/h2H2,1H3,(H,12,13). The number of halogens is 2. The molecule has 0 aliphatic heterocycles. The third kappa shape index (κ3) is 3.01. The third-order valence-corrected chi connectivity index (χ3v) is 2.90. The average molecular weight is 253 g/mol. The minimum Gasteiger partial charge on any atom is -0.481 e. The number of nitrogens with zero attached hydrogens (tertiary/aromatic N) is 2. The van der Waals surface area contributed by atoms with Gasteiger partial charge in [0.05, 0.1) is 5.75 Å². The number of rotatable bonds is 3. The van der Waals surface area contributed by atoms with E-state index in [-0.39, 0.29) is 21.2 Å². The molecule has 1 N–H and O–H groups in total. The summed E-state index contributed by atoms with van der Waals surface area (Å²) in [6.07, 6.45) is 0. The van der Waals surface area contributed by atoms with Gasteiger partial charge in [-0.05, 0) is 6.92 Å². The third-order valence-electron chi connectivity index (χ3n) is 1.33. The number of carboxylic acid groups (broad SMARTS) is 1. The Bertz CT molecular complexity index is 350. The molecule has 1 aromatic heterocycles. The number of aromatic nitrogens is 2. The molecule has 0 saturated carbocycles. The second kappa shape index (κ2) is 4.82. The van der Waals surface area contributed by atoms with Crippen molar-refractivity contribution in [3.8, 4) is 0 Å². The summed E-state index contributed by atoms with van der Waals surface area (Å²) in [6.45, 7) is 1.69. The minimum absolute atomic E-state index is 0.115. The molecule has 0 aliphatic carbocycles. The van der Waals surface area contributed by atoms with E-state index < -0.39 is 5.97 Å². The van der Waals surface area contributed by atoms with E-state index in [0.29, 0.717) is 5.56 Å². The van der Waals surface area contributed by atoms with E-state index in [0.717, 1.165) is 11.8 Å². The van der Waals surface area contributed by atoms with Gasteiger partial charge in [0, 0.05) is 5.56 Å². The Morgan fingerprint density at radius 1 is 1.43 bits per heavy atom. The number of aliphatic carboxylic acids is 1. The topological polar surface area (TPSA) is 63.1 Å². The number of carbonyl (C=O) groups is 1. The van der Waals surface area contributed by atoms with E-state index in [2.05, 4.69) is 9.97 Å². The average Bonchev–Trinajstić information content (AvgIpc) is 2.10. The molecule has 0 bridgehead atoms. The molecule has 0 spiro atoms. The first-order valence-corrected chi connectivity index (χ1v) is 5.29. The second-order valence-electron chi connectivity index (χ2n) is 2.40. The van der Waals surface area contributed by atoms with Gasteiger partial charge in [0.2, 0.25) is 0 Å². The van der Waals surface area contributed by atoms with Crippen LogP contribution in [0.2, 0.25) is 10.3 Å². The first-order valence-electron chi connectivity index (χ1n) is 3.55. The first kappa shape index (κ1) is 11.6. The Labute approximate surface area is 94.7 Å². The maximum absolute atomic E-state index is 10.3. The van der Waals surface area contributed by atoms with E-state index in [4.69, 9.17) is 28.3 Å². The van der Waals surface area contributed by atoms with Crippen molar-refractivity contribution in [2.24, 2.45) is 0 Å². The number of carboxylic acids is 1. The lowest BCUT2D eigenvalue weighted by Crippen LogP contribution is -2.00. The van der Waals surface area contributed by atoms with E-state index in [1.54, 1.807) is 6.92 Å². The fourth-order valence-corrected chi connectivity index (χ4v) is 1.69. The van der Waals surface area contributed by atoms with Gasteiger partial charge in [-0.1, -0.05) is 35.0 Å². The van der Waals surface area contributed by atoms with Crippen LogP contribution in [-0.4, -0.2) is 26.8 Å². The lowest BCUT2D eigenvalue weighted by Gasteiger charge is -2.02. The van der Waals surface area contributed by atoms with Crippen molar-refractivity contribution in [1.29, 1.82) is 0 Å². The highest BCUT2D eigenvalue weighted by Crippen LogP contribution is 2.23. The lowest BCUT2D eigenvalue weighted by atomic mass is 10.4. The van der Waals surface area contributed by atoms with Crippen LogP contribution in [0.3, 0.4) is 0 Å². The van der Waals surface area contributed by atoms with Gasteiger partial charge in [-0.3, -0.25) is 4.79 Å². The van der Waals surface area contributed by atoms with Gasteiger partial charge in [0.1, 0.15) is 10.3 Å². The number of hydrogen-bond donors (Lipinski definition) is 1. The SMILES string of the molecule is Cc1c(Cl)nc(SCC(=O)O)nc1Cl. The molecule has 76 valence electrons. The van der Waals surface area contributed by atoms with Crippen molar-refractivity contribution in [2.45, 2.75) is 12.1 Å². The summed E-state index contributed by atoms with van der Waals surface area (Å²) in [7, 11) is 0. The van der Waals surface area contributed by atoms with Gasteiger partial charge in [0.15, 0.2) is 5.16 Å². The molecule has 1 heterocycles. The van der Waals surface area contributed by atoms with Crippen molar-refractivity contribution in [3.05, 3.63) is 15.9 Å². The Morgan fingerprint density at radius 2 is 1.93 bits per heavy atom. The van der Waals surface area contributed by atoms with Crippen LogP contribution in [-0.2, 0) is 4.79 Å². The summed E-state index contributed by atoms with van der Waals surface area (Å²) >= 11 is 12.5. The monoisotopic (exact) mass is 252 g/mol. The summed E-state index contributed by atoms with van der Waals surface area (Å²) in [5.74, 6) is -1.05. The largest absolute Gasteiger partial charge is 0.481 e. The van der Waals surface area contributed by atoms with Crippen LogP contribution in [0, 0.1) is 6.92 Å². The van der Waals surface area contributed by atoms with Gasteiger partial charge in [-0.15, -0.1) is 0 Å². The normalized spacial score (nSPS) is 10.2. The zero-order chi connectivity index (χ0) is 10.7. The van der Waals surface area contributed by atoms with Crippen molar-refractivity contribution in [2.75, 3.05) is 5.75 Å². The zero-order valence-corrected chi connectivity index (χ0v) is 9.45. The predicted molar refractivity (Wildman–Crippen MR) is 55.1 cm³/mol. The summed E-state index contributed by atoms with van der Waals surface area (Å²) in [4.78, 5) is 18.0. The van der Waals surface area contributed by atoms with Gasteiger partial charge >= 0.3 is 5.97 Å². The van der Waals surface area contributed by atoms with Crippen molar-refractivity contribution >= 4 is 40.9 Å². The first-order chi connectivity index (χ1) is 6.50. The van der Waals surface area contributed by atoms with Crippen LogP contribution in [0.4, 0.5) is 0 Å². The van der Waals surface area contributed by atoms with Gasteiger partial charge in [0.25, 0.3) is 0 Å². The fraction of sp³-hybridized carbons (Fsp3) is 0.286. The molecule has 0 unspecified atom stereocenters. The highest BCUT2D eigenvalue weighted by atomic mass is 35.5. The molecule has 0 fully saturated rings. The van der Waals surface area contributed by atoms with Crippen molar-refractivity contribution < 1.29 is 9.90 Å². The highest BCUT2D eigenvalue weighted by Gasteiger charge is 2.09. The van der Waals surface area contributed by atoms with Crippen LogP contribution < -0.4 is 0 Å². The molecule has 0 saturated heterocycles. The molecule has 14 heavy (non-hydrogen) atoms. The fourth-order valence-electron chi connectivity index (χ4n) is 0.637. The summed E-state index contributed by atoms with van der Waals surface area (Å²) in [6, 6.07) is 0. The molecular formula is C7H6Cl2N2O2S. The number of hydrogen-bond acceptors (Lipinski definition) is 4. The van der Waals surface area contributed by atoms with Crippen LogP contribution in [0.15, 0.2) is 5.16 Å². The van der Waals surface area contributed by atoms with E-state index in [1.807, 2.05) is 0 Å². The van der Waals surface area contributed by atoms with E-state index in [1.165, 1.54) is 0 Å². The maximum Gasteiger partial charge on any atom is 0.313 e. The Kier molecular flexibility index (Phi) is 3.97. The second-order valence-corrected chi connectivity index (χ2v) is 4.05. The van der Waals surface area contributed by atoms with Crippen LogP contribution >= 0.6 is 35.0 Å². The molecule has 1 aromatic rings. The molecule has 0 aromatic carbocycles. The molecule has 0 radical (unpaired) electrons. The molecule has 4 nitrogen and oxygen atoms in total.